The molecule has 0 saturated heterocycles. The molecule has 7 nitrogen and oxygen atoms in total. The number of nitrogens with one attached hydrogen (secondary N) is 3. The van der Waals surface area contributed by atoms with Crippen molar-refractivity contribution in [3.8, 4) is 0 Å². The molecule has 0 spiro atoms. The van der Waals surface area contributed by atoms with E-state index in [2.05, 4.69) is 16.0 Å². The van der Waals surface area contributed by atoms with Crippen LogP contribution in [0, 0.1) is 9.39 Å². The Hall–Kier alpha value is -1.91. The molecule has 4 N–H and O–H groups in total. The molecular weight excluding hydrogens is 384 g/mol. The number of carboxylic acid groups (broad SMARTS) is 1. The standard InChI is InChI=1S/C11H11FIN3O4/c12-6-1-2-8(7(13)3-6)16-11(20)15-4-9(17)14-5-10(18)19/h1-3H,4-5H2,(H,14,17)(H,18,19)(H2,15,16,20). The van der Waals surface area contributed by atoms with Crippen LogP contribution in [0.4, 0.5) is 14.9 Å². The lowest BCUT2D eigenvalue weighted by Crippen LogP contribution is -2.40. The van der Waals surface area contributed by atoms with Crippen LogP contribution in [0.15, 0.2) is 18.2 Å². The summed E-state index contributed by atoms with van der Waals surface area (Å²) in [5, 5.41) is 15.1. The van der Waals surface area contributed by atoms with Gasteiger partial charge >= 0.3 is 12.0 Å². The summed E-state index contributed by atoms with van der Waals surface area (Å²) in [7, 11) is 0. The fraction of sp³-hybridized carbons (Fsp3) is 0.182. The first-order valence-corrected chi connectivity index (χ1v) is 6.44. The van der Waals surface area contributed by atoms with Gasteiger partial charge in [0, 0.05) is 3.57 Å². The lowest BCUT2D eigenvalue weighted by atomic mass is 10.3. The molecule has 20 heavy (non-hydrogen) atoms. The molecule has 9 heteroatoms. The maximum Gasteiger partial charge on any atom is 0.322 e. The normalized spacial score (nSPS) is 9.70. The summed E-state index contributed by atoms with van der Waals surface area (Å²) in [5.74, 6) is -2.23. The number of aliphatic carboxylic acids is 1. The first-order chi connectivity index (χ1) is 9.38. The quantitative estimate of drug-likeness (QED) is 0.552. The van der Waals surface area contributed by atoms with E-state index in [0.717, 1.165) is 0 Å². The Morgan fingerprint density at radius 3 is 2.50 bits per heavy atom. The Morgan fingerprint density at radius 2 is 1.90 bits per heavy atom. The van der Waals surface area contributed by atoms with Crippen molar-refractivity contribution in [1.82, 2.24) is 10.6 Å². The van der Waals surface area contributed by atoms with E-state index in [0.29, 0.717) is 9.26 Å². The molecule has 0 aliphatic rings. The topological polar surface area (TPSA) is 108 Å². The highest BCUT2D eigenvalue weighted by molar-refractivity contribution is 14.1. The molecule has 0 fully saturated rings. The number of hydrogen-bond donors (Lipinski definition) is 4. The third-order valence-corrected chi connectivity index (χ3v) is 2.92. The number of benzene rings is 1. The van der Waals surface area contributed by atoms with Crippen molar-refractivity contribution in [2.45, 2.75) is 0 Å². The molecule has 0 aromatic heterocycles. The Labute approximate surface area is 127 Å². The third kappa shape index (κ3) is 5.82. The van der Waals surface area contributed by atoms with E-state index in [1.807, 2.05) is 22.6 Å². The SMILES string of the molecule is O=C(O)CNC(=O)CNC(=O)Nc1ccc(F)cc1I. The fourth-order valence-corrected chi connectivity index (χ4v) is 1.77. The van der Waals surface area contributed by atoms with Gasteiger partial charge in [-0.05, 0) is 40.8 Å². The second-order valence-electron chi connectivity index (χ2n) is 3.60. The number of carbonyl (C=O) groups is 3. The first kappa shape index (κ1) is 16.1. The summed E-state index contributed by atoms with van der Waals surface area (Å²) < 4.78 is 13.4. The van der Waals surface area contributed by atoms with Crippen molar-refractivity contribution in [1.29, 1.82) is 0 Å². The lowest BCUT2D eigenvalue weighted by Gasteiger charge is -2.09. The average molecular weight is 395 g/mol. The van der Waals surface area contributed by atoms with Crippen LogP contribution in [0.3, 0.4) is 0 Å². The van der Waals surface area contributed by atoms with Crippen LogP contribution < -0.4 is 16.0 Å². The molecule has 0 aliphatic heterocycles. The minimum absolute atomic E-state index is 0.364. The molecule has 1 aromatic rings. The van der Waals surface area contributed by atoms with Crippen LogP contribution in [0.2, 0.25) is 0 Å². The zero-order valence-corrected chi connectivity index (χ0v) is 12.2. The number of halogens is 2. The number of urea groups is 1. The van der Waals surface area contributed by atoms with Crippen LogP contribution in [0.25, 0.3) is 0 Å². The second-order valence-corrected chi connectivity index (χ2v) is 4.76. The monoisotopic (exact) mass is 395 g/mol. The van der Waals surface area contributed by atoms with Crippen molar-refractivity contribution in [3.63, 3.8) is 0 Å². The van der Waals surface area contributed by atoms with E-state index in [1.165, 1.54) is 18.2 Å². The highest BCUT2D eigenvalue weighted by Crippen LogP contribution is 2.18. The highest BCUT2D eigenvalue weighted by atomic mass is 127. The van der Waals surface area contributed by atoms with Gasteiger partial charge in [0.05, 0.1) is 12.2 Å². The number of rotatable bonds is 5. The number of amides is 3. The van der Waals surface area contributed by atoms with Crippen molar-refractivity contribution in [3.05, 3.63) is 27.6 Å². The Bertz CT molecular complexity index is 538. The largest absolute Gasteiger partial charge is 0.480 e. The van der Waals surface area contributed by atoms with Crippen LogP contribution in [-0.2, 0) is 9.59 Å². The molecule has 0 aliphatic carbocycles. The summed E-state index contributed by atoms with van der Waals surface area (Å²) in [6.45, 7) is -0.880. The van der Waals surface area contributed by atoms with Crippen molar-refractivity contribution < 1.29 is 23.9 Å². The molecule has 0 saturated carbocycles. The molecule has 3 amide bonds. The van der Waals surface area contributed by atoms with Gasteiger partial charge in [-0.15, -0.1) is 0 Å². The van der Waals surface area contributed by atoms with Crippen molar-refractivity contribution in [2.24, 2.45) is 0 Å². The summed E-state index contributed by atoms with van der Waals surface area (Å²) >= 11 is 1.85. The Kier molecular flexibility index (Phi) is 6.15. The van der Waals surface area contributed by atoms with Gasteiger partial charge < -0.3 is 21.1 Å². The highest BCUT2D eigenvalue weighted by Gasteiger charge is 2.08. The summed E-state index contributed by atoms with van der Waals surface area (Å²) in [6, 6.07) is 3.17. The van der Waals surface area contributed by atoms with Gasteiger partial charge in [-0.25, -0.2) is 9.18 Å². The minimum atomic E-state index is -1.18. The Balaban J connectivity index is 2.40. The number of hydrogen-bond acceptors (Lipinski definition) is 3. The molecule has 0 bridgehead atoms. The van der Waals surface area contributed by atoms with Gasteiger partial charge in [0.15, 0.2) is 0 Å². The van der Waals surface area contributed by atoms with Crippen LogP contribution >= 0.6 is 22.6 Å². The molecular formula is C11H11FIN3O4. The van der Waals surface area contributed by atoms with Gasteiger partial charge in [-0.3, -0.25) is 9.59 Å². The average Bonchev–Trinajstić information content (AvgIpc) is 2.37. The fourth-order valence-electron chi connectivity index (χ4n) is 1.15. The smallest absolute Gasteiger partial charge is 0.322 e. The van der Waals surface area contributed by atoms with E-state index in [9.17, 15) is 18.8 Å². The molecule has 0 radical (unpaired) electrons. The maximum atomic E-state index is 12.9. The summed E-state index contributed by atoms with van der Waals surface area (Å²) in [4.78, 5) is 32.8. The Morgan fingerprint density at radius 1 is 1.20 bits per heavy atom. The number of anilines is 1. The zero-order chi connectivity index (χ0) is 15.1. The van der Waals surface area contributed by atoms with E-state index >= 15 is 0 Å². The van der Waals surface area contributed by atoms with E-state index in [4.69, 9.17) is 5.11 Å². The molecule has 108 valence electrons. The molecule has 1 aromatic carbocycles. The predicted molar refractivity (Wildman–Crippen MR) is 76.8 cm³/mol. The third-order valence-electron chi connectivity index (χ3n) is 2.03. The summed E-state index contributed by atoms with van der Waals surface area (Å²) in [5.41, 5.74) is 0.399. The molecule has 0 atom stereocenters. The van der Waals surface area contributed by atoms with Gasteiger partial charge in [-0.1, -0.05) is 0 Å². The zero-order valence-electron chi connectivity index (χ0n) is 10.1. The lowest BCUT2D eigenvalue weighted by molar-refractivity contribution is -0.137. The summed E-state index contributed by atoms with van der Waals surface area (Å²) in [6.07, 6.45) is 0. The predicted octanol–water partition coefficient (Wildman–Crippen LogP) is 0.753. The van der Waals surface area contributed by atoms with E-state index in [1.54, 1.807) is 0 Å². The maximum absolute atomic E-state index is 12.9. The minimum Gasteiger partial charge on any atom is -0.480 e. The van der Waals surface area contributed by atoms with E-state index < -0.39 is 30.3 Å². The van der Waals surface area contributed by atoms with Crippen molar-refractivity contribution >= 4 is 46.2 Å². The molecule has 0 unspecified atom stereocenters. The van der Waals surface area contributed by atoms with Gasteiger partial charge in [-0.2, -0.15) is 0 Å². The van der Waals surface area contributed by atoms with Crippen LogP contribution in [0.1, 0.15) is 0 Å². The molecule has 0 heterocycles. The van der Waals surface area contributed by atoms with Crippen LogP contribution in [0.5, 0.6) is 0 Å². The van der Waals surface area contributed by atoms with E-state index in [-0.39, 0.29) is 6.54 Å². The van der Waals surface area contributed by atoms with Gasteiger partial charge in [0.25, 0.3) is 0 Å². The molecule has 1 rings (SSSR count). The van der Waals surface area contributed by atoms with Gasteiger partial charge in [0.2, 0.25) is 5.91 Å². The second kappa shape index (κ2) is 7.62. The first-order valence-electron chi connectivity index (χ1n) is 5.37. The van der Waals surface area contributed by atoms with Gasteiger partial charge in [0.1, 0.15) is 12.4 Å². The number of carbonyl (C=O) groups excluding carboxylic acids is 2. The number of carboxylic acids is 1. The van der Waals surface area contributed by atoms with Crippen molar-refractivity contribution in [2.75, 3.05) is 18.4 Å². The van der Waals surface area contributed by atoms with Crippen LogP contribution in [-0.4, -0.2) is 36.1 Å².